The van der Waals surface area contributed by atoms with Gasteiger partial charge >= 0.3 is 11.9 Å². The number of phenolic OH excluding ortho intramolecular Hbond substituents is 1. The number of carbonyl (C=O) groups is 2. The highest BCUT2D eigenvalue weighted by molar-refractivity contribution is 5.89. The predicted molar refractivity (Wildman–Crippen MR) is 167 cm³/mol. The maximum absolute atomic E-state index is 12.4. The van der Waals surface area contributed by atoms with Crippen molar-refractivity contribution in [2.45, 2.75) is 80.5 Å². The first-order valence-corrected chi connectivity index (χ1v) is 16.3. The number of phenols is 1. The van der Waals surface area contributed by atoms with Crippen molar-refractivity contribution in [3.63, 3.8) is 0 Å². The number of benzene rings is 1. The lowest BCUT2D eigenvalue weighted by Gasteiger charge is -2.44. The highest BCUT2D eigenvalue weighted by atomic mass is 16.8. The van der Waals surface area contributed by atoms with Crippen LogP contribution < -0.4 is 4.74 Å². The van der Waals surface area contributed by atoms with Gasteiger partial charge in [0.1, 0.15) is 55.4 Å². The zero-order valence-corrected chi connectivity index (χ0v) is 27.7. The summed E-state index contributed by atoms with van der Waals surface area (Å²) in [6.45, 7) is -1.40. The Hall–Kier alpha value is -3.40. The second-order valence-electron chi connectivity index (χ2n) is 12.7. The van der Waals surface area contributed by atoms with Gasteiger partial charge < -0.3 is 78.7 Å². The first-order valence-electron chi connectivity index (χ1n) is 16.3. The van der Waals surface area contributed by atoms with Gasteiger partial charge in [-0.1, -0.05) is 6.07 Å². The largest absolute Gasteiger partial charge is 0.504 e. The van der Waals surface area contributed by atoms with Gasteiger partial charge in [0.25, 0.3) is 0 Å². The molecule has 2 saturated heterocycles. The minimum atomic E-state index is -1.81. The molecular formula is C33H44O18. The number of fused-ring (bicyclic) bond motifs is 1. The van der Waals surface area contributed by atoms with Gasteiger partial charge in [-0.2, -0.15) is 0 Å². The summed E-state index contributed by atoms with van der Waals surface area (Å²) in [5.41, 5.74) is 0.774. The van der Waals surface area contributed by atoms with Crippen molar-refractivity contribution >= 4 is 18.0 Å². The van der Waals surface area contributed by atoms with Crippen LogP contribution in [0.15, 0.2) is 36.1 Å². The second kappa shape index (κ2) is 17.0. The SMILES string of the molecule is COC(=O)C1=CO[C@@H](O[C@@H]2O[C@H](CO[C@@H]3O[C@H](COC(=O)/C=C/c4ccc(O)c(OC)c4)[C@@H](O)[C@H](O)[C@H]3O)[C@@H](O)[C@H](O)[C@H]2O)C2C(CO)CC[C@H]12. The highest BCUT2D eigenvalue weighted by Crippen LogP contribution is 2.47. The number of aliphatic hydroxyl groups is 7. The summed E-state index contributed by atoms with van der Waals surface area (Å²) in [7, 11) is 2.60. The van der Waals surface area contributed by atoms with Crippen LogP contribution in [0.2, 0.25) is 0 Å². The number of carbonyl (C=O) groups excluding carboxylic acids is 2. The number of methoxy groups -OCH3 is 2. The maximum atomic E-state index is 12.4. The van der Waals surface area contributed by atoms with Crippen LogP contribution in [0.25, 0.3) is 6.08 Å². The first-order chi connectivity index (χ1) is 24.4. The van der Waals surface area contributed by atoms with Crippen LogP contribution in [-0.4, -0.2) is 155 Å². The molecule has 0 spiro atoms. The van der Waals surface area contributed by atoms with Crippen LogP contribution in [0.5, 0.6) is 11.5 Å². The Bertz CT molecular complexity index is 1420. The Morgan fingerprint density at radius 1 is 0.863 bits per heavy atom. The molecule has 3 aliphatic heterocycles. The minimum Gasteiger partial charge on any atom is -0.504 e. The Labute approximate surface area is 291 Å². The summed E-state index contributed by atoms with van der Waals surface area (Å²) in [4.78, 5) is 24.7. The van der Waals surface area contributed by atoms with E-state index in [-0.39, 0.29) is 35.5 Å². The zero-order valence-electron chi connectivity index (χ0n) is 27.7. The van der Waals surface area contributed by atoms with E-state index >= 15 is 0 Å². The average Bonchev–Trinajstić information content (AvgIpc) is 3.58. The number of aliphatic hydroxyl groups excluding tert-OH is 7. The molecule has 14 atom stereocenters. The summed E-state index contributed by atoms with van der Waals surface area (Å²) in [6.07, 6.45) is -13.0. The summed E-state index contributed by atoms with van der Waals surface area (Å²) in [6, 6.07) is 4.38. The molecule has 51 heavy (non-hydrogen) atoms. The van der Waals surface area contributed by atoms with Crippen LogP contribution in [-0.2, 0) is 42.7 Å². The standard InChI is InChI=1S/C33H44O18/c1-44-19-9-14(3-7-18(19)35)4-8-22(36)46-12-20-24(37)26(39)28(41)32(49-20)48-13-21-25(38)27(40)29(42)33(50-21)51-31-23-15(10-34)5-6-16(23)17(11-47-31)30(43)45-2/h3-4,7-9,11,15-16,20-21,23-29,31-35,37-42H,5-6,10,12-13H2,1-2H3/b8-4+/t15?,16-,20-,21-,23?,24-,25-,26+,27+,28-,29-,31+,32-,33+/m1/s1. The first kappa shape index (κ1) is 38.8. The van der Waals surface area contributed by atoms with Gasteiger partial charge in [0.15, 0.2) is 24.1 Å². The number of hydrogen-bond donors (Lipinski definition) is 8. The van der Waals surface area contributed by atoms with Crippen molar-refractivity contribution in [1.82, 2.24) is 0 Å². The molecule has 0 aromatic heterocycles. The quantitative estimate of drug-likeness (QED) is 0.0827. The number of hydrogen-bond acceptors (Lipinski definition) is 18. The molecule has 0 amide bonds. The van der Waals surface area contributed by atoms with E-state index in [1.165, 1.54) is 44.8 Å². The number of aromatic hydroxyl groups is 1. The smallest absolute Gasteiger partial charge is 0.337 e. The molecule has 4 aliphatic rings. The molecule has 1 saturated carbocycles. The van der Waals surface area contributed by atoms with Crippen molar-refractivity contribution in [3.8, 4) is 11.5 Å². The van der Waals surface area contributed by atoms with Crippen LogP contribution in [0, 0.1) is 17.8 Å². The average molecular weight is 729 g/mol. The summed E-state index contributed by atoms with van der Waals surface area (Å²) >= 11 is 0. The van der Waals surface area contributed by atoms with Gasteiger partial charge in [-0.15, -0.1) is 0 Å². The van der Waals surface area contributed by atoms with Crippen molar-refractivity contribution in [2.24, 2.45) is 17.8 Å². The van der Waals surface area contributed by atoms with E-state index < -0.39 is 98.8 Å². The predicted octanol–water partition coefficient (Wildman–Crippen LogP) is -2.35. The fourth-order valence-electron chi connectivity index (χ4n) is 6.71. The van der Waals surface area contributed by atoms with E-state index in [1.807, 2.05) is 0 Å². The van der Waals surface area contributed by atoms with Crippen molar-refractivity contribution in [1.29, 1.82) is 0 Å². The molecule has 284 valence electrons. The van der Waals surface area contributed by atoms with E-state index in [4.69, 9.17) is 37.9 Å². The highest BCUT2D eigenvalue weighted by Gasteiger charge is 2.52. The van der Waals surface area contributed by atoms with E-state index in [9.17, 15) is 50.4 Å². The molecule has 18 heteroatoms. The van der Waals surface area contributed by atoms with Crippen LogP contribution >= 0.6 is 0 Å². The summed E-state index contributed by atoms with van der Waals surface area (Å²) in [5.74, 6) is -2.61. The Morgan fingerprint density at radius 2 is 1.53 bits per heavy atom. The normalized spacial score (nSPS) is 38.0. The molecule has 0 bridgehead atoms. The molecule has 5 rings (SSSR count). The maximum Gasteiger partial charge on any atom is 0.337 e. The fraction of sp³-hybridized carbons (Fsp3) is 0.636. The van der Waals surface area contributed by atoms with E-state index in [1.54, 1.807) is 0 Å². The van der Waals surface area contributed by atoms with E-state index in [0.717, 1.165) is 6.08 Å². The Morgan fingerprint density at radius 3 is 2.20 bits per heavy atom. The Kier molecular flexibility index (Phi) is 12.9. The van der Waals surface area contributed by atoms with Gasteiger partial charge in [-0.05, 0) is 42.5 Å². The molecule has 3 heterocycles. The third-order valence-electron chi connectivity index (χ3n) is 9.59. The molecule has 0 radical (unpaired) electrons. The van der Waals surface area contributed by atoms with Crippen molar-refractivity contribution in [3.05, 3.63) is 41.7 Å². The van der Waals surface area contributed by atoms with Gasteiger partial charge in [0.2, 0.25) is 6.29 Å². The lowest BCUT2D eigenvalue weighted by atomic mass is 9.83. The lowest BCUT2D eigenvalue weighted by Crippen LogP contribution is -2.62. The molecular weight excluding hydrogens is 684 g/mol. The lowest BCUT2D eigenvalue weighted by molar-refractivity contribution is -0.354. The summed E-state index contributed by atoms with van der Waals surface area (Å²) in [5, 5.41) is 83.2. The van der Waals surface area contributed by atoms with Crippen molar-refractivity contribution in [2.75, 3.05) is 34.0 Å². The molecule has 1 aliphatic carbocycles. The molecule has 1 aromatic carbocycles. The van der Waals surface area contributed by atoms with Crippen LogP contribution in [0.3, 0.4) is 0 Å². The minimum absolute atomic E-state index is 0.0907. The van der Waals surface area contributed by atoms with Gasteiger partial charge in [0, 0.05) is 24.5 Å². The number of rotatable bonds is 12. The fourth-order valence-corrected chi connectivity index (χ4v) is 6.71. The molecule has 8 N–H and O–H groups in total. The number of ether oxygens (including phenoxy) is 8. The van der Waals surface area contributed by atoms with Gasteiger partial charge in [-0.3, -0.25) is 0 Å². The summed E-state index contributed by atoms with van der Waals surface area (Å²) < 4.78 is 43.5. The van der Waals surface area contributed by atoms with Crippen LogP contribution in [0.1, 0.15) is 18.4 Å². The molecule has 3 fully saturated rings. The van der Waals surface area contributed by atoms with Gasteiger partial charge in [-0.25, -0.2) is 9.59 Å². The van der Waals surface area contributed by atoms with Crippen LogP contribution in [0.4, 0.5) is 0 Å². The molecule has 1 aromatic rings. The number of esters is 2. The Balaban J connectivity index is 1.19. The molecule has 2 unspecified atom stereocenters. The van der Waals surface area contributed by atoms with E-state index in [0.29, 0.717) is 18.4 Å². The topological polar surface area (TPSA) is 270 Å². The van der Waals surface area contributed by atoms with Crippen molar-refractivity contribution < 1.29 is 88.3 Å². The third kappa shape index (κ3) is 8.47. The monoisotopic (exact) mass is 728 g/mol. The third-order valence-corrected chi connectivity index (χ3v) is 9.59. The second-order valence-corrected chi connectivity index (χ2v) is 12.7. The van der Waals surface area contributed by atoms with Gasteiger partial charge in [0.05, 0.1) is 32.7 Å². The van der Waals surface area contributed by atoms with E-state index in [2.05, 4.69) is 0 Å². The molecule has 18 nitrogen and oxygen atoms in total. The zero-order chi connectivity index (χ0) is 37.0.